The lowest BCUT2D eigenvalue weighted by molar-refractivity contribution is 0.0473. The topological polar surface area (TPSA) is 92.7 Å². The molecule has 11 heteroatoms. The van der Waals surface area contributed by atoms with Crippen molar-refractivity contribution < 1.29 is 36.2 Å². The van der Waals surface area contributed by atoms with Gasteiger partial charge in [0.15, 0.2) is 0 Å². The molecule has 0 unspecified atom stereocenters. The van der Waals surface area contributed by atoms with Crippen LogP contribution in [0.5, 0.6) is 5.75 Å². The molecule has 0 saturated carbocycles. The lowest BCUT2D eigenvalue weighted by atomic mass is 9.98. The number of nitrogens with one attached hydrogen (secondary N) is 1. The predicted octanol–water partition coefficient (Wildman–Crippen LogP) is 4.71. The van der Waals surface area contributed by atoms with E-state index in [2.05, 4.69) is 15.9 Å². The average Bonchev–Trinajstić information content (AvgIpc) is 2.70. The van der Waals surface area contributed by atoms with Crippen molar-refractivity contribution in [3.63, 3.8) is 0 Å². The third-order valence-corrected chi connectivity index (χ3v) is 6.56. The van der Waals surface area contributed by atoms with Gasteiger partial charge in [0.2, 0.25) is 0 Å². The number of phenolic OH excluding ortho intramolecular Hbond substituents is 1. The molecule has 0 atom stereocenters. The summed E-state index contributed by atoms with van der Waals surface area (Å²) in [5, 5.41) is 10.2. The van der Waals surface area contributed by atoms with Gasteiger partial charge < -0.3 is 9.84 Å². The quantitative estimate of drug-likeness (QED) is 0.424. The fraction of sp³-hybridized carbons (Fsp3) is 0.0500. The lowest BCUT2D eigenvalue weighted by Crippen LogP contribution is -2.15. The normalized spacial score (nSPS) is 14.9. The van der Waals surface area contributed by atoms with E-state index in [4.69, 9.17) is 4.74 Å². The number of hydrogen-bond acceptors (Lipinski definition) is 5. The number of cyclic esters (lactones) is 1. The SMILES string of the molecule is O=C1OCc2ccc(F)cc2-c2cc(c(F)cc2F)NS(=O)(=O)c2cc1cc(Br)c2O. The first-order valence-corrected chi connectivity index (χ1v) is 10.8. The smallest absolute Gasteiger partial charge is 0.338 e. The van der Waals surface area contributed by atoms with Crippen molar-refractivity contribution in [2.24, 2.45) is 0 Å². The minimum Gasteiger partial charge on any atom is -0.505 e. The van der Waals surface area contributed by atoms with Crippen molar-refractivity contribution in [1.82, 2.24) is 0 Å². The van der Waals surface area contributed by atoms with E-state index < -0.39 is 56.4 Å². The molecule has 3 aromatic carbocycles. The number of benzene rings is 3. The number of carbonyl (C=O) groups excluding carboxylic acids is 1. The highest BCUT2D eigenvalue weighted by Crippen LogP contribution is 2.37. The highest BCUT2D eigenvalue weighted by Gasteiger charge is 2.27. The lowest BCUT2D eigenvalue weighted by Gasteiger charge is -2.14. The summed E-state index contributed by atoms with van der Waals surface area (Å²) in [5.41, 5.74) is -1.04. The Bertz CT molecular complexity index is 1360. The Morgan fingerprint density at radius 1 is 1.00 bits per heavy atom. The maximum atomic E-state index is 14.6. The molecule has 6 nitrogen and oxygen atoms in total. The summed E-state index contributed by atoms with van der Waals surface area (Å²) in [7, 11) is -4.63. The molecule has 0 spiro atoms. The van der Waals surface area contributed by atoms with Gasteiger partial charge in [-0.05, 0) is 57.4 Å². The van der Waals surface area contributed by atoms with Gasteiger partial charge in [-0.1, -0.05) is 6.07 Å². The first-order chi connectivity index (χ1) is 14.6. The van der Waals surface area contributed by atoms with E-state index in [1.54, 1.807) is 0 Å². The number of carbonyl (C=O) groups is 1. The molecule has 0 aromatic heterocycles. The van der Waals surface area contributed by atoms with Crippen LogP contribution in [-0.4, -0.2) is 19.5 Å². The second kappa shape index (κ2) is 7.57. The molecule has 1 heterocycles. The standard InChI is InChI=1S/C20H11BrF3NO5S/c21-14-3-10-4-18(19(14)26)31(28,29)25-17-6-13(15(23)7-16(17)24)12-5-11(22)2-1-9(12)8-30-20(10)27/h1-7,25-26H,8H2. The fourth-order valence-corrected chi connectivity index (χ4v) is 4.88. The second-order valence-electron chi connectivity index (χ2n) is 6.60. The summed E-state index contributed by atoms with van der Waals surface area (Å²) in [4.78, 5) is 11.8. The molecular weight excluding hydrogens is 503 g/mol. The molecule has 3 aromatic rings. The minimum absolute atomic E-state index is 0.0549. The number of hydrogen-bond donors (Lipinski definition) is 2. The Balaban J connectivity index is 2.02. The van der Waals surface area contributed by atoms with Crippen LogP contribution in [-0.2, 0) is 21.4 Å². The van der Waals surface area contributed by atoms with E-state index in [0.717, 1.165) is 30.3 Å². The molecule has 4 bridgehead atoms. The Kier molecular flexibility index (Phi) is 5.18. The van der Waals surface area contributed by atoms with Gasteiger partial charge in [-0.3, -0.25) is 4.72 Å². The monoisotopic (exact) mass is 513 g/mol. The van der Waals surface area contributed by atoms with Gasteiger partial charge in [0.1, 0.15) is 34.7 Å². The van der Waals surface area contributed by atoms with Crippen LogP contribution in [0.1, 0.15) is 15.9 Å². The van der Waals surface area contributed by atoms with Gasteiger partial charge in [-0.15, -0.1) is 0 Å². The van der Waals surface area contributed by atoms with Crippen molar-refractivity contribution >= 4 is 37.6 Å². The zero-order chi connectivity index (χ0) is 22.5. The number of phenols is 1. The minimum atomic E-state index is -4.63. The van der Waals surface area contributed by atoms with Crippen molar-refractivity contribution in [2.75, 3.05) is 4.72 Å². The number of anilines is 1. The highest BCUT2D eigenvalue weighted by molar-refractivity contribution is 9.10. The van der Waals surface area contributed by atoms with E-state index in [1.807, 2.05) is 4.72 Å². The summed E-state index contributed by atoms with van der Waals surface area (Å²) < 4.78 is 75.5. The zero-order valence-corrected chi connectivity index (χ0v) is 17.7. The number of halogens is 4. The molecule has 0 saturated heterocycles. The van der Waals surface area contributed by atoms with Crippen molar-refractivity contribution in [1.29, 1.82) is 0 Å². The molecule has 0 fully saturated rings. The number of fused-ring (bicyclic) bond motifs is 6. The van der Waals surface area contributed by atoms with E-state index in [-0.39, 0.29) is 26.7 Å². The molecule has 1 aliphatic heterocycles. The van der Waals surface area contributed by atoms with Crippen LogP contribution in [0.2, 0.25) is 0 Å². The Morgan fingerprint density at radius 3 is 2.48 bits per heavy atom. The van der Waals surface area contributed by atoms with Crippen LogP contribution in [0.15, 0.2) is 51.8 Å². The second-order valence-corrected chi connectivity index (χ2v) is 9.10. The first kappa shape index (κ1) is 21.2. The molecule has 4 rings (SSSR count). The number of ether oxygens (including phenoxy) is 1. The molecule has 1 aliphatic rings. The van der Waals surface area contributed by atoms with Crippen LogP contribution in [0.4, 0.5) is 18.9 Å². The molecular formula is C20H11BrF3NO5S. The summed E-state index contributed by atoms with van der Waals surface area (Å²) in [6.07, 6.45) is 0. The number of aromatic hydroxyl groups is 1. The van der Waals surface area contributed by atoms with Crippen LogP contribution >= 0.6 is 15.9 Å². The molecule has 2 N–H and O–H groups in total. The van der Waals surface area contributed by atoms with E-state index in [0.29, 0.717) is 6.07 Å². The summed E-state index contributed by atoms with van der Waals surface area (Å²) >= 11 is 2.96. The summed E-state index contributed by atoms with van der Waals surface area (Å²) in [6.45, 7) is -0.408. The third-order valence-electron chi connectivity index (χ3n) is 4.58. The molecule has 0 aliphatic carbocycles. The Morgan fingerprint density at radius 2 is 1.74 bits per heavy atom. The molecule has 0 radical (unpaired) electrons. The predicted molar refractivity (Wildman–Crippen MR) is 107 cm³/mol. The summed E-state index contributed by atoms with van der Waals surface area (Å²) in [5.74, 6) is -4.74. The van der Waals surface area contributed by atoms with Crippen LogP contribution in [0.25, 0.3) is 11.1 Å². The van der Waals surface area contributed by atoms with Crippen LogP contribution in [0, 0.1) is 17.5 Å². The molecule has 160 valence electrons. The largest absolute Gasteiger partial charge is 0.505 e. The third kappa shape index (κ3) is 3.86. The highest BCUT2D eigenvalue weighted by atomic mass is 79.9. The first-order valence-electron chi connectivity index (χ1n) is 8.57. The summed E-state index contributed by atoms with van der Waals surface area (Å²) in [6, 6.07) is 6.60. The van der Waals surface area contributed by atoms with Gasteiger partial charge in [-0.2, -0.15) is 0 Å². The molecule has 0 amide bonds. The van der Waals surface area contributed by atoms with Gasteiger partial charge in [-0.25, -0.2) is 26.4 Å². The van der Waals surface area contributed by atoms with Crippen molar-refractivity contribution in [2.45, 2.75) is 11.5 Å². The number of sulfonamides is 1. The average molecular weight is 514 g/mol. The maximum absolute atomic E-state index is 14.6. The Labute approximate surface area is 182 Å². The van der Waals surface area contributed by atoms with Gasteiger partial charge in [0.05, 0.1) is 15.7 Å². The number of esters is 1. The number of rotatable bonds is 0. The van der Waals surface area contributed by atoms with E-state index in [9.17, 15) is 31.5 Å². The van der Waals surface area contributed by atoms with Crippen molar-refractivity contribution in [3.05, 3.63) is 75.5 Å². The van der Waals surface area contributed by atoms with E-state index in [1.165, 1.54) is 6.07 Å². The van der Waals surface area contributed by atoms with Crippen molar-refractivity contribution in [3.8, 4) is 16.9 Å². The van der Waals surface area contributed by atoms with E-state index >= 15 is 0 Å². The van der Waals surface area contributed by atoms with Crippen LogP contribution < -0.4 is 4.72 Å². The molecule has 31 heavy (non-hydrogen) atoms. The van der Waals surface area contributed by atoms with Gasteiger partial charge in [0.25, 0.3) is 10.0 Å². The maximum Gasteiger partial charge on any atom is 0.338 e. The zero-order valence-electron chi connectivity index (χ0n) is 15.2. The van der Waals surface area contributed by atoms with Gasteiger partial charge in [0, 0.05) is 11.6 Å². The van der Waals surface area contributed by atoms with Gasteiger partial charge >= 0.3 is 5.97 Å². The Hall–Kier alpha value is -3.05. The van der Waals surface area contributed by atoms with Crippen LogP contribution in [0.3, 0.4) is 0 Å². The fourth-order valence-electron chi connectivity index (χ4n) is 3.08.